The first-order chi connectivity index (χ1) is 21.1. The normalized spacial score (nSPS) is 9.96. The number of nitriles is 2. The van der Waals surface area contributed by atoms with Gasteiger partial charge in [-0.2, -0.15) is 10.5 Å². The second-order valence-electron chi connectivity index (χ2n) is 8.51. The minimum atomic E-state index is -2.00. The number of benzene rings is 3. The van der Waals surface area contributed by atoms with Crippen molar-refractivity contribution in [2.45, 2.75) is 20.8 Å². The lowest BCUT2D eigenvalue weighted by Crippen LogP contribution is -2.23. The number of carboxylic acids is 2. The SMILES string of the molecule is Cc1c(F)c(C#N)c(F)c(C#N)c1F.Cc1c(F)c(C(=O)O)c(F)c(C(=O)O)c1F.Cc1c(F)c(C(N)=O)c(F)c(C(N)=O)c1F. The molecule has 2 amide bonds. The molecule has 46 heavy (non-hydrogen) atoms. The van der Waals surface area contributed by atoms with E-state index in [1.54, 1.807) is 0 Å². The van der Waals surface area contributed by atoms with Crippen LogP contribution in [0.5, 0.6) is 0 Å². The minimum absolute atomic E-state index is 0.528. The Morgan fingerprint density at radius 2 is 0.717 bits per heavy atom. The van der Waals surface area contributed by atoms with Gasteiger partial charge in [0.15, 0.2) is 17.5 Å². The lowest BCUT2D eigenvalue weighted by atomic mass is 10.0. The van der Waals surface area contributed by atoms with E-state index >= 15 is 0 Å². The molecular weight excluding hydrogens is 647 g/mol. The summed E-state index contributed by atoms with van der Waals surface area (Å²) in [6, 6.07) is 2.48. The highest BCUT2D eigenvalue weighted by Gasteiger charge is 2.30. The number of carbonyl (C=O) groups excluding carboxylic acids is 2. The average Bonchev–Trinajstić information content (AvgIpc) is 2.94. The maximum Gasteiger partial charge on any atom is 0.341 e. The molecule has 0 atom stereocenters. The Kier molecular flexibility index (Phi) is 12.0. The number of halogens is 9. The number of amides is 2. The largest absolute Gasteiger partial charge is 0.477 e. The summed E-state index contributed by atoms with van der Waals surface area (Å²) < 4.78 is 119. The third-order valence-electron chi connectivity index (χ3n) is 5.75. The summed E-state index contributed by atoms with van der Waals surface area (Å²) >= 11 is 0. The number of nitrogens with two attached hydrogens (primary N) is 2. The number of carboxylic acid groups (broad SMARTS) is 2. The number of nitrogens with zero attached hydrogens (tertiary/aromatic N) is 2. The number of hydrogen-bond donors (Lipinski definition) is 4. The highest BCUT2D eigenvalue weighted by atomic mass is 19.2. The van der Waals surface area contributed by atoms with Crippen molar-refractivity contribution in [2.75, 3.05) is 0 Å². The molecule has 0 spiro atoms. The van der Waals surface area contributed by atoms with Crippen molar-refractivity contribution >= 4 is 23.8 Å². The zero-order chi connectivity index (χ0) is 36.1. The minimum Gasteiger partial charge on any atom is -0.477 e. The topological polar surface area (TPSA) is 208 Å². The lowest BCUT2D eigenvalue weighted by molar-refractivity contribution is 0.0678. The third kappa shape index (κ3) is 6.99. The average molecular weight is 662 g/mol. The van der Waals surface area contributed by atoms with E-state index in [1.807, 2.05) is 0 Å². The van der Waals surface area contributed by atoms with Crippen molar-refractivity contribution < 1.29 is 68.9 Å². The molecule has 0 saturated heterocycles. The molecule has 0 aromatic heterocycles. The van der Waals surface area contributed by atoms with Crippen molar-refractivity contribution in [2.24, 2.45) is 11.5 Å². The van der Waals surface area contributed by atoms with Crippen molar-refractivity contribution in [3.05, 3.63) is 102 Å². The molecule has 3 aromatic rings. The van der Waals surface area contributed by atoms with Gasteiger partial charge in [0.25, 0.3) is 11.8 Å². The van der Waals surface area contributed by atoms with Crippen LogP contribution in [-0.2, 0) is 0 Å². The van der Waals surface area contributed by atoms with Gasteiger partial charge in [-0.3, -0.25) is 9.59 Å². The number of hydrogen-bond acceptors (Lipinski definition) is 6. The fourth-order valence-electron chi connectivity index (χ4n) is 3.37. The second-order valence-corrected chi connectivity index (χ2v) is 8.51. The molecule has 242 valence electrons. The smallest absolute Gasteiger partial charge is 0.341 e. The van der Waals surface area contributed by atoms with Crippen molar-refractivity contribution in [3.63, 3.8) is 0 Å². The molecule has 0 saturated carbocycles. The van der Waals surface area contributed by atoms with Gasteiger partial charge in [-0.25, -0.2) is 49.1 Å². The summed E-state index contributed by atoms with van der Waals surface area (Å²) in [4.78, 5) is 42.5. The van der Waals surface area contributed by atoms with Crippen LogP contribution >= 0.6 is 0 Å². The van der Waals surface area contributed by atoms with Gasteiger partial charge in [-0.05, 0) is 20.8 Å². The van der Waals surface area contributed by atoms with Gasteiger partial charge in [-0.15, -0.1) is 0 Å². The van der Waals surface area contributed by atoms with Crippen LogP contribution in [0.25, 0.3) is 0 Å². The molecule has 0 aliphatic carbocycles. The molecule has 0 radical (unpaired) electrons. The molecule has 0 aliphatic rings. The predicted molar refractivity (Wildman–Crippen MR) is 134 cm³/mol. The molecule has 0 aliphatic heterocycles. The van der Waals surface area contributed by atoms with Crippen LogP contribution in [-0.4, -0.2) is 34.0 Å². The molecule has 10 nitrogen and oxygen atoms in total. The van der Waals surface area contributed by atoms with Gasteiger partial charge in [-0.1, -0.05) is 0 Å². The zero-order valence-corrected chi connectivity index (χ0v) is 23.0. The van der Waals surface area contributed by atoms with Gasteiger partial charge < -0.3 is 21.7 Å². The Hall–Kier alpha value is -6.11. The Balaban J connectivity index is 0.000000346. The molecule has 6 N–H and O–H groups in total. The quantitative estimate of drug-likeness (QED) is 0.290. The van der Waals surface area contributed by atoms with E-state index in [2.05, 4.69) is 0 Å². The van der Waals surface area contributed by atoms with Crippen molar-refractivity contribution in [1.82, 2.24) is 0 Å². The van der Waals surface area contributed by atoms with E-state index in [9.17, 15) is 58.7 Å². The fourth-order valence-corrected chi connectivity index (χ4v) is 3.37. The van der Waals surface area contributed by atoms with E-state index in [-0.39, 0.29) is 0 Å². The molecule has 3 rings (SSSR count). The van der Waals surface area contributed by atoms with Crippen LogP contribution in [0.1, 0.15) is 69.2 Å². The van der Waals surface area contributed by atoms with Gasteiger partial charge in [0, 0.05) is 16.7 Å². The summed E-state index contributed by atoms with van der Waals surface area (Å²) in [5.41, 5.74) is 0.192. The van der Waals surface area contributed by atoms with E-state index < -0.39 is 126 Å². The molecule has 3 aromatic carbocycles. The number of carbonyl (C=O) groups is 4. The number of rotatable bonds is 4. The Morgan fingerprint density at radius 1 is 0.478 bits per heavy atom. The Bertz CT molecular complexity index is 1700. The lowest BCUT2D eigenvalue weighted by Gasteiger charge is -2.09. The van der Waals surface area contributed by atoms with E-state index in [1.165, 1.54) is 12.1 Å². The summed E-state index contributed by atoms with van der Waals surface area (Å²) in [5, 5.41) is 33.7. The molecular formula is C27H15F9N4O6. The first-order valence-corrected chi connectivity index (χ1v) is 11.5. The standard InChI is InChI=1S/C9H7F3N2O2.C9H3F3N2.C9H5F3O4/c1-2-5(10)3(8(13)15)7(12)4(6(2)11)9(14)16;1-4-7(10)5(2-13)9(12)6(3-14)8(4)11;1-2-5(10)3(8(13)14)7(12)4(6(2)11)9(15)16/h1H3,(H2,13,15)(H2,14,16);1H3;1H3,(H,13,14)(H,15,16). The van der Waals surface area contributed by atoms with Gasteiger partial charge >= 0.3 is 11.9 Å². The Morgan fingerprint density at radius 3 is 0.957 bits per heavy atom. The Labute approximate surface area is 250 Å². The van der Waals surface area contributed by atoms with Crippen LogP contribution < -0.4 is 11.5 Å². The first kappa shape index (κ1) is 37.9. The van der Waals surface area contributed by atoms with Crippen molar-refractivity contribution in [3.8, 4) is 12.1 Å². The molecule has 0 heterocycles. The predicted octanol–water partition coefficient (Wildman–Crippen LogP) is 4.57. The highest BCUT2D eigenvalue weighted by Crippen LogP contribution is 2.26. The van der Waals surface area contributed by atoms with Gasteiger partial charge in [0.05, 0.1) is 0 Å². The van der Waals surface area contributed by atoms with E-state index in [4.69, 9.17) is 32.2 Å². The zero-order valence-electron chi connectivity index (χ0n) is 23.0. The van der Waals surface area contributed by atoms with Crippen LogP contribution in [0.2, 0.25) is 0 Å². The monoisotopic (exact) mass is 662 g/mol. The second kappa shape index (κ2) is 14.6. The molecule has 19 heteroatoms. The highest BCUT2D eigenvalue weighted by molar-refractivity contribution is 5.99. The molecule has 0 fully saturated rings. The summed E-state index contributed by atoms with van der Waals surface area (Å²) in [6.45, 7) is 2.79. The van der Waals surface area contributed by atoms with E-state index in [0.29, 0.717) is 0 Å². The van der Waals surface area contributed by atoms with Crippen LogP contribution in [0.3, 0.4) is 0 Å². The summed E-state index contributed by atoms with van der Waals surface area (Å²) in [7, 11) is 0. The molecule has 0 bridgehead atoms. The molecule has 0 unspecified atom stereocenters. The number of primary amides is 2. The van der Waals surface area contributed by atoms with E-state index in [0.717, 1.165) is 20.8 Å². The van der Waals surface area contributed by atoms with Gasteiger partial charge in [0.1, 0.15) is 80.4 Å². The van der Waals surface area contributed by atoms with Crippen LogP contribution in [0, 0.1) is 95.8 Å². The van der Waals surface area contributed by atoms with Crippen molar-refractivity contribution in [1.29, 1.82) is 10.5 Å². The summed E-state index contributed by atoms with van der Waals surface area (Å²) in [5.74, 6) is -20.6. The number of aromatic carboxylic acids is 2. The maximum absolute atomic E-state index is 13.4. The summed E-state index contributed by atoms with van der Waals surface area (Å²) in [6.07, 6.45) is 0. The van der Waals surface area contributed by atoms with Crippen LogP contribution in [0.15, 0.2) is 0 Å². The fraction of sp³-hybridized carbons (Fsp3) is 0.111. The van der Waals surface area contributed by atoms with Crippen LogP contribution in [0.4, 0.5) is 39.5 Å². The van der Waals surface area contributed by atoms with Gasteiger partial charge in [0.2, 0.25) is 0 Å². The third-order valence-corrected chi connectivity index (χ3v) is 5.75. The maximum atomic E-state index is 13.4. The first-order valence-electron chi connectivity index (χ1n) is 11.5.